The van der Waals surface area contributed by atoms with Gasteiger partial charge in [0.05, 0.1) is 12.1 Å². The van der Waals surface area contributed by atoms with Crippen LogP contribution in [-0.4, -0.2) is 28.3 Å². The van der Waals surface area contributed by atoms with Crippen LogP contribution in [0.25, 0.3) is 0 Å². The van der Waals surface area contributed by atoms with Gasteiger partial charge in [-0.15, -0.1) is 0 Å². The smallest absolute Gasteiger partial charge is 0.220 e. The molecule has 3 unspecified atom stereocenters. The summed E-state index contributed by atoms with van der Waals surface area (Å²) in [5.41, 5.74) is 1.92. The molecular weight excluding hydrogens is 237 g/mol. The van der Waals surface area contributed by atoms with E-state index in [0.29, 0.717) is 12.8 Å². The molecule has 1 saturated carbocycles. The third kappa shape index (κ3) is 2.16. The van der Waals surface area contributed by atoms with Crippen molar-refractivity contribution >= 4 is 39.5 Å². The first-order chi connectivity index (χ1) is 7.61. The van der Waals surface area contributed by atoms with Crippen molar-refractivity contribution in [1.82, 2.24) is 0 Å². The first-order valence-electron chi connectivity index (χ1n) is 5.30. The van der Waals surface area contributed by atoms with Gasteiger partial charge in [0.1, 0.15) is 0 Å². The number of carbonyl (C=O) groups excluding carboxylic acids is 1. The Hall–Kier alpha value is -0.610. The number of nitrogens with two attached hydrogens (primary N) is 1. The Labute approximate surface area is 99.0 Å². The minimum absolute atomic E-state index is 0.0322. The lowest BCUT2D eigenvalue weighted by atomic mass is 9.82. The fourth-order valence-corrected chi connectivity index (χ4v) is 2.40. The highest BCUT2D eigenvalue weighted by atomic mass is 35.5. The first-order valence-corrected chi connectivity index (χ1v) is 5.56. The molecule has 0 spiro atoms. The summed E-state index contributed by atoms with van der Waals surface area (Å²) in [4.78, 5) is 19.8. The second-order valence-corrected chi connectivity index (χ2v) is 4.56. The molecule has 1 heterocycles. The van der Waals surface area contributed by atoms with E-state index in [1.165, 1.54) is 0 Å². The number of fused-ring (bicyclic) bond motifs is 1. The molecule has 15 heavy (non-hydrogen) atoms. The predicted molar refractivity (Wildman–Crippen MR) is 60.7 cm³/mol. The van der Waals surface area contributed by atoms with Crippen LogP contribution >= 0.6 is 23.2 Å². The Kier molecular flexibility index (Phi) is 2.63. The molecule has 1 fully saturated rings. The summed E-state index contributed by atoms with van der Waals surface area (Å²) in [6.45, 7) is 0. The maximum absolute atomic E-state index is 11.3. The number of hydrogen-bond acceptors (Lipinski definition) is 3. The van der Waals surface area contributed by atoms with Gasteiger partial charge >= 0.3 is 0 Å². The molecule has 0 aromatic carbocycles. The van der Waals surface area contributed by atoms with Gasteiger partial charge in [0.25, 0.3) is 0 Å². The number of amides is 1. The van der Waals surface area contributed by atoms with E-state index in [2.05, 4.69) is 9.98 Å². The number of rotatable bonds is 1. The Balaban J connectivity index is 2.09. The molecule has 0 bridgehead atoms. The van der Waals surface area contributed by atoms with Crippen molar-refractivity contribution in [3.05, 3.63) is 0 Å². The molecule has 0 aromatic rings. The van der Waals surface area contributed by atoms with Crippen LogP contribution in [0.15, 0.2) is 9.98 Å². The number of nitrogens with zero attached hydrogens (tertiary/aromatic N) is 2. The van der Waals surface area contributed by atoms with Gasteiger partial charge < -0.3 is 5.73 Å². The van der Waals surface area contributed by atoms with Crippen molar-refractivity contribution in [3.63, 3.8) is 0 Å². The number of hydrogen-bond donors (Lipinski definition) is 1. The molecule has 1 aliphatic heterocycles. The third-order valence-corrected chi connectivity index (χ3v) is 3.53. The zero-order valence-electron chi connectivity index (χ0n) is 8.91. The van der Waals surface area contributed by atoms with E-state index in [1.54, 1.807) is 0 Å². The van der Waals surface area contributed by atoms with Gasteiger partial charge in [0, 0.05) is 5.92 Å². The lowest BCUT2D eigenvalue weighted by Gasteiger charge is -2.32. The predicted octanol–water partition coefficient (Wildman–Crippen LogP) is 1.30. The van der Waals surface area contributed by atoms with Crippen molar-refractivity contribution in [3.8, 4) is 0 Å². The van der Waals surface area contributed by atoms with Crippen molar-refractivity contribution in [2.45, 2.75) is 31.3 Å². The second kappa shape index (κ2) is 4.10. The molecule has 82 valence electrons. The zero-order valence-corrected chi connectivity index (χ0v) is 9.42. The molecule has 1 aliphatic carbocycles. The van der Waals surface area contributed by atoms with Gasteiger partial charge in [-0.05, 0) is 19.3 Å². The topological polar surface area (TPSA) is 67.8 Å². The Morgan fingerprint density at radius 1 is 1.33 bits per heavy atom. The number of aliphatic imine (C=N–C) groups is 2. The largest absolute Gasteiger partial charge is 0.369 e. The zero-order chi connectivity index (χ0) is 11.7. The molecule has 2 rings (SSSR count). The summed E-state index contributed by atoms with van der Waals surface area (Å²) in [6.07, 6.45) is 2.05. The Morgan fingerprint density at radius 3 is 2.67 bits per heavy atom. The minimum Gasteiger partial charge on any atom is -0.369 e. The van der Waals surface area contributed by atoms with Crippen LogP contribution in [0.3, 0.4) is 0 Å². The average molecular weight is 249 g/mol. The quantitative estimate of drug-likeness (QED) is 0.747. The van der Waals surface area contributed by atoms with Crippen LogP contribution < -0.4 is 5.73 Å². The lowest BCUT2D eigenvalue weighted by Crippen LogP contribution is -2.39. The molecular formula is C9H11Cl2N3O. The van der Waals surface area contributed by atoms with Crippen molar-refractivity contribution in [2.75, 3.05) is 0 Å². The minimum atomic E-state index is -0.259. The monoisotopic (exact) mass is 248 g/mol. The van der Waals surface area contributed by atoms with Crippen molar-refractivity contribution < 1.29 is 6.21 Å². The Morgan fingerprint density at radius 2 is 2.00 bits per heavy atom. The maximum atomic E-state index is 11.3. The Bertz CT molecular complexity index is 372. The molecule has 6 heteroatoms. The van der Waals surface area contributed by atoms with E-state index in [-0.39, 0.29) is 34.3 Å². The number of primary amides is 1. The van der Waals surface area contributed by atoms with Gasteiger partial charge in [-0.25, -0.2) is 0 Å². The summed E-state index contributed by atoms with van der Waals surface area (Å²) in [7, 11) is 0. The van der Waals surface area contributed by atoms with Crippen LogP contribution in [0.4, 0.5) is 0 Å². The van der Waals surface area contributed by atoms with E-state index in [9.17, 15) is 4.79 Å². The summed E-state index contributed by atoms with van der Waals surface area (Å²) in [6, 6.07) is -0.0455. The molecule has 3 atom stereocenters. The van der Waals surface area contributed by atoms with Crippen molar-refractivity contribution in [1.29, 1.82) is 0 Å². The van der Waals surface area contributed by atoms with Crippen LogP contribution in [0.5, 0.6) is 0 Å². The van der Waals surface area contributed by atoms with Crippen LogP contribution in [0, 0.1) is 5.92 Å². The highest BCUT2D eigenvalue weighted by molar-refractivity contribution is 7.00. The summed E-state index contributed by atoms with van der Waals surface area (Å²) < 4.78 is 6.84. The number of carbonyl (C=O) groups is 1. The van der Waals surface area contributed by atoms with Crippen LogP contribution in [0.2, 0.25) is 1.41 Å². The summed E-state index contributed by atoms with van der Waals surface area (Å²) in [5.74, 6) is -0.426. The van der Waals surface area contributed by atoms with Gasteiger partial charge in [0.2, 0.25) is 5.91 Å². The fourth-order valence-electron chi connectivity index (χ4n) is 2.06. The molecule has 2 aliphatic rings. The molecule has 2 N–H and O–H groups in total. The molecule has 4 nitrogen and oxygen atoms in total. The van der Waals surface area contributed by atoms with Crippen LogP contribution in [-0.2, 0) is 4.79 Å². The molecule has 0 saturated heterocycles. The highest BCUT2D eigenvalue weighted by Gasteiger charge is 2.35. The normalized spacial score (nSPS) is 35.9. The van der Waals surface area contributed by atoms with Gasteiger partial charge in [0.15, 0.2) is 11.8 Å². The first kappa shape index (κ1) is 9.60. The highest BCUT2D eigenvalue weighted by Crippen LogP contribution is 2.31. The van der Waals surface area contributed by atoms with Gasteiger partial charge in [-0.2, -0.15) is 0 Å². The summed E-state index contributed by atoms with van der Waals surface area (Å²) in [5, 5.41) is 0.473. The van der Waals surface area contributed by atoms with E-state index in [0.717, 1.165) is 6.42 Å². The van der Waals surface area contributed by atoms with E-state index in [1.807, 2.05) is 5.73 Å². The third-order valence-electron chi connectivity index (χ3n) is 2.88. The van der Waals surface area contributed by atoms with Crippen molar-refractivity contribution in [2.24, 2.45) is 21.6 Å². The fraction of sp³-hybridized carbons (Fsp3) is 0.667. The van der Waals surface area contributed by atoms with Crippen LogP contribution in [0.1, 0.15) is 19.3 Å². The SMILES string of the molecule is [2H]NC(=O)C1CCC2N=C(Cl)C(Cl)=NC2C1. The standard InChI is InChI=1S/C9H11Cl2N3O/c10-7-8(11)14-6-3-4(9(12)15)1-2-5(6)13-7/h4-6H,1-3H2,(H2,12,15)/i/hD. The van der Waals surface area contributed by atoms with E-state index < -0.39 is 0 Å². The molecule has 0 radical (unpaired) electrons. The number of halogens is 2. The van der Waals surface area contributed by atoms with Gasteiger partial charge in [-0.3, -0.25) is 14.8 Å². The van der Waals surface area contributed by atoms with E-state index >= 15 is 0 Å². The second-order valence-electron chi connectivity index (χ2n) is 3.85. The summed E-state index contributed by atoms with van der Waals surface area (Å²) >= 11 is 11.6. The van der Waals surface area contributed by atoms with Gasteiger partial charge in [-0.1, -0.05) is 23.2 Å². The molecule has 0 aromatic heterocycles. The molecule has 1 amide bonds. The van der Waals surface area contributed by atoms with E-state index in [4.69, 9.17) is 24.6 Å². The maximum Gasteiger partial charge on any atom is 0.220 e. The average Bonchev–Trinajstić information content (AvgIpc) is 2.29. The lowest BCUT2D eigenvalue weighted by molar-refractivity contribution is -0.122.